The third kappa shape index (κ3) is 3.73. The van der Waals surface area contributed by atoms with Gasteiger partial charge < -0.3 is 0 Å². The number of halogens is 4. The highest BCUT2D eigenvalue weighted by Gasteiger charge is 2.32. The number of rotatable bonds is 3. The molecule has 0 bridgehead atoms. The van der Waals surface area contributed by atoms with Gasteiger partial charge in [0, 0.05) is 10.9 Å². The number of hydrogen-bond acceptors (Lipinski definition) is 4. The van der Waals surface area contributed by atoms with Crippen LogP contribution in [0.2, 0.25) is 0 Å². The molecule has 28 heavy (non-hydrogen) atoms. The summed E-state index contributed by atoms with van der Waals surface area (Å²) in [6.07, 6.45) is -4.53. The third-order valence-electron chi connectivity index (χ3n) is 4.00. The van der Waals surface area contributed by atoms with Crippen LogP contribution < -0.4 is 10.0 Å². The van der Waals surface area contributed by atoms with E-state index in [1.54, 1.807) is 0 Å². The molecule has 0 saturated carbocycles. The lowest BCUT2D eigenvalue weighted by Gasteiger charge is -2.13. The number of sulfonamides is 1. The summed E-state index contributed by atoms with van der Waals surface area (Å²) in [5.74, 6) is -1.10. The number of aromatic nitrogens is 1. The van der Waals surface area contributed by atoms with E-state index in [1.807, 2.05) is 0 Å². The second-order valence-electron chi connectivity index (χ2n) is 5.91. The van der Waals surface area contributed by atoms with Crippen molar-refractivity contribution in [3.63, 3.8) is 0 Å². The first-order valence-electron chi connectivity index (χ1n) is 7.61. The van der Waals surface area contributed by atoms with Crippen molar-refractivity contribution in [2.75, 3.05) is 0 Å². The predicted molar refractivity (Wildman–Crippen MR) is 96.4 cm³/mol. The van der Waals surface area contributed by atoms with E-state index < -0.39 is 37.3 Å². The van der Waals surface area contributed by atoms with Crippen molar-refractivity contribution in [2.24, 2.45) is 5.14 Å². The first-order valence-corrected chi connectivity index (χ1v) is 10.0. The Balaban J connectivity index is 2.16. The maximum Gasteiger partial charge on any atom is 0.416 e. The number of primary sulfonamides is 1. The molecule has 0 unspecified atom stereocenters. The van der Waals surface area contributed by atoms with Crippen molar-refractivity contribution in [1.82, 2.24) is 4.57 Å². The average molecular weight is 432 g/mol. The fourth-order valence-electron chi connectivity index (χ4n) is 2.75. The van der Waals surface area contributed by atoms with Crippen LogP contribution in [0, 0.1) is 12.7 Å². The zero-order chi connectivity index (χ0) is 20.9. The van der Waals surface area contributed by atoms with Crippen LogP contribution in [0.25, 0.3) is 16.9 Å². The van der Waals surface area contributed by atoms with E-state index >= 15 is 0 Å². The van der Waals surface area contributed by atoms with E-state index in [2.05, 4.69) is 0 Å². The fourth-order valence-corrected chi connectivity index (χ4v) is 4.10. The molecule has 11 heteroatoms. The summed E-state index contributed by atoms with van der Waals surface area (Å²) in [5.41, 5.74) is -0.369. The van der Waals surface area contributed by atoms with Gasteiger partial charge in [0.1, 0.15) is 10.7 Å². The standard InChI is InChI=1S/C17H12F4N2O3S2/c1-9-6-11(3-4-12(9)17(19,20)21)23-14(8-27-16(23)24)10-2-5-15(13(18)7-10)28(22,25)26/h2-8H,1H3,(H2,22,25,26). The maximum absolute atomic E-state index is 14.2. The van der Waals surface area contributed by atoms with Crippen LogP contribution in [0.15, 0.2) is 51.5 Å². The van der Waals surface area contributed by atoms with Crippen LogP contribution >= 0.6 is 11.3 Å². The van der Waals surface area contributed by atoms with E-state index in [1.165, 1.54) is 24.4 Å². The van der Waals surface area contributed by atoms with Crippen molar-refractivity contribution in [1.29, 1.82) is 0 Å². The summed E-state index contributed by atoms with van der Waals surface area (Å²) in [4.78, 5) is 11.1. The van der Waals surface area contributed by atoms with Crippen molar-refractivity contribution in [2.45, 2.75) is 18.0 Å². The topological polar surface area (TPSA) is 82.2 Å². The Hall–Kier alpha value is -2.50. The van der Waals surface area contributed by atoms with Crippen molar-refractivity contribution >= 4 is 21.4 Å². The van der Waals surface area contributed by atoms with E-state index in [0.717, 1.165) is 40.2 Å². The molecular formula is C17H12F4N2O3S2. The molecule has 0 amide bonds. The summed E-state index contributed by atoms with van der Waals surface area (Å²) in [7, 11) is -4.26. The van der Waals surface area contributed by atoms with Crippen molar-refractivity contribution in [3.05, 3.63) is 68.4 Å². The van der Waals surface area contributed by atoms with Gasteiger partial charge in [0.2, 0.25) is 10.0 Å². The largest absolute Gasteiger partial charge is 0.416 e. The molecule has 5 nitrogen and oxygen atoms in total. The van der Waals surface area contributed by atoms with Crippen molar-refractivity contribution in [3.8, 4) is 16.9 Å². The summed E-state index contributed by atoms with van der Waals surface area (Å²) in [6.45, 7) is 1.27. The van der Waals surface area contributed by atoms with Gasteiger partial charge in [-0.3, -0.25) is 9.36 Å². The molecular weight excluding hydrogens is 420 g/mol. The summed E-state index contributed by atoms with van der Waals surface area (Å²) >= 11 is 0.772. The van der Waals surface area contributed by atoms with E-state index in [0.29, 0.717) is 0 Å². The van der Waals surface area contributed by atoms with Crippen LogP contribution in [-0.4, -0.2) is 13.0 Å². The zero-order valence-corrected chi connectivity index (χ0v) is 15.8. The molecule has 0 radical (unpaired) electrons. The Kier molecular flexibility index (Phi) is 4.94. The minimum absolute atomic E-state index is 0.0789. The molecule has 1 aromatic heterocycles. The third-order valence-corrected chi connectivity index (χ3v) is 5.67. The molecule has 0 aliphatic carbocycles. The highest BCUT2D eigenvalue weighted by atomic mass is 32.2. The van der Waals surface area contributed by atoms with E-state index in [4.69, 9.17) is 5.14 Å². The van der Waals surface area contributed by atoms with Gasteiger partial charge in [0.25, 0.3) is 0 Å². The smallest absolute Gasteiger partial charge is 0.267 e. The van der Waals surface area contributed by atoms with Crippen LogP contribution in [0.1, 0.15) is 11.1 Å². The Morgan fingerprint density at radius 1 is 1.11 bits per heavy atom. The normalized spacial score (nSPS) is 12.4. The Bertz CT molecular complexity index is 1230. The second kappa shape index (κ2) is 6.83. The lowest BCUT2D eigenvalue weighted by Crippen LogP contribution is -2.15. The first kappa shape index (κ1) is 20.2. The molecule has 3 aromatic rings. The van der Waals surface area contributed by atoms with Gasteiger partial charge in [-0.05, 0) is 42.8 Å². The summed E-state index contributed by atoms with van der Waals surface area (Å²) in [6, 6.07) is 6.33. The number of nitrogens with two attached hydrogens (primary N) is 1. The molecule has 0 atom stereocenters. The maximum atomic E-state index is 14.2. The Morgan fingerprint density at radius 2 is 1.79 bits per heavy atom. The Labute approximate surface area is 160 Å². The SMILES string of the molecule is Cc1cc(-n2c(-c3ccc(S(N)(=O)=O)c(F)c3)csc2=O)ccc1C(F)(F)F. The first-order chi connectivity index (χ1) is 12.9. The predicted octanol–water partition coefficient (Wildman–Crippen LogP) is 3.68. The van der Waals surface area contributed by atoms with Gasteiger partial charge in [-0.2, -0.15) is 13.2 Å². The molecule has 0 aliphatic heterocycles. The molecule has 0 spiro atoms. The highest BCUT2D eigenvalue weighted by Crippen LogP contribution is 2.33. The summed E-state index contributed by atoms with van der Waals surface area (Å²) in [5, 5.41) is 6.33. The highest BCUT2D eigenvalue weighted by molar-refractivity contribution is 7.89. The van der Waals surface area contributed by atoms with E-state index in [9.17, 15) is 30.8 Å². The quantitative estimate of drug-likeness (QED) is 0.641. The minimum atomic E-state index is -4.53. The monoisotopic (exact) mass is 432 g/mol. The molecule has 0 aliphatic rings. The number of aryl methyl sites for hydroxylation is 1. The lowest BCUT2D eigenvalue weighted by molar-refractivity contribution is -0.138. The van der Waals surface area contributed by atoms with Crippen LogP contribution in [0.3, 0.4) is 0 Å². The van der Waals surface area contributed by atoms with E-state index in [-0.39, 0.29) is 22.5 Å². The number of hydrogen-bond donors (Lipinski definition) is 1. The van der Waals surface area contributed by atoms with Crippen LogP contribution in [-0.2, 0) is 16.2 Å². The summed E-state index contributed by atoms with van der Waals surface area (Å²) < 4.78 is 76.8. The molecule has 148 valence electrons. The van der Waals surface area contributed by atoms with Crippen LogP contribution in [0.5, 0.6) is 0 Å². The number of alkyl halides is 3. The minimum Gasteiger partial charge on any atom is -0.267 e. The van der Waals surface area contributed by atoms with Gasteiger partial charge in [-0.15, -0.1) is 0 Å². The average Bonchev–Trinajstić information content (AvgIpc) is 2.93. The molecule has 0 fully saturated rings. The second-order valence-corrected chi connectivity index (χ2v) is 8.26. The molecule has 2 N–H and O–H groups in total. The number of nitrogens with zero attached hydrogens (tertiary/aromatic N) is 1. The van der Waals surface area contributed by atoms with Crippen molar-refractivity contribution < 1.29 is 26.0 Å². The van der Waals surface area contributed by atoms with Gasteiger partial charge in [0.05, 0.1) is 16.9 Å². The Morgan fingerprint density at radius 3 is 2.32 bits per heavy atom. The molecule has 2 aromatic carbocycles. The van der Waals surface area contributed by atoms with Gasteiger partial charge in [0.15, 0.2) is 0 Å². The van der Waals surface area contributed by atoms with Gasteiger partial charge in [-0.1, -0.05) is 17.4 Å². The zero-order valence-electron chi connectivity index (χ0n) is 14.1. The van der Waals surface area contributed by atoms with Crippen LogP contribution in [0.4, 0.5) is 17.6 Å². The lowest BCUT2D eigenvalue weighted by atomic mass is 10.1. The fraction of sp³-hybridized carbons (Fsp3) is 0.118. The molecule has 3 rings (SSSR count). The number of benzene rings is 2. The number of thiazole rings is 1. The van der Waals surface area contributed by atoms with Gasteiger partial charge in [-0.25, -0.2) is 17.9 Å². The molecule has 0 saturated heterocycles. The molecule has 1 heterocycles. The van der Waals surface area contributed by atoms with Gasteiger partial charge >= 0.3 is 11.0 Å².